The number of rotatable bonds is 9. The number of carbonyl (C=O) groups excluding carboxylic acids is 1. The lowest BCUT2D eigenvalue weighted by atomic mass is 10.2. The first-order valence-electron chi connectivity index (χ1n) is 8.99. The van der Waals surface area contributed by atoms with E-state index in [0.717, 1.165) is 11.1 Å². The summed E-state index contributed by atoms with van der Waals surface area (Å²) in [5.74, 6) is 0.995. The number of alkyl halides is 1. The number of aliphatic imine (C=N–C) groups is 1. The molecule has 0 bridgehead atoms. The summed E-state index contributed by atoms with van der Waals surface area (Å²) in [4.78, 5) is 16.7. The van der Waals surface area contributed by atoms with Crippen molar-refractivity contribution in [3.8, 4) is 0 Å². The van der Waals surface area contributed by atoms with Gasteiger partial charge in [-0.1, -0.05) is 49.1 Å². The van der Waals surface area contributed by atoms with E-state index in [1.807, 2.05) is 37.3 Å². The molecule has 0 radical (unpaired) electrons. The molecule has 29 heavy (non-hydrogen) atoms. The number of nitrogens with one attached hydrogen (secondary N) is 1. The van der Waals surface area contributed by atoms with E-state index < -0.39 is 0 Å². The molecular weight excluding hydrogens is 388 g/mol. The molecule has 1 amide bonds. The predicted octanol–water partition coefficient (Wildman–Crippen LogP) is 3.88. The Morgan fingerprint density at radius 3 is 2.62 bits per heavy atom. The Hall–Kier alpha value is -3.12. The van der Waals surface area contributed by atoms with Gasteiger partial charge in [0.05, 0.1) is 6.21 Å². The molecule has 0 spiro atoms. The van der Waals surface area contributed by atoms with Crippen molar-refractivity contribution < 1.29 is 9.53 Å². The van der Waals surface area contributed by atoms with Gasteiger partial charge in [-0.2, -0.15) is 10.1 Å². The van der Waals surface area contributed by atoms with E-state index in [4.69, 9.17) is 16.3 Å². The highest BCUT2D eigenvalue weighted by atomic mass is 35.5. The number of hydrazone groups is 1. The second-order valence-corrected chi connectivity index (χ2v) is 6.02. The quantitative estimate of drug-likeness (QED) is 0.127. The highest BCUT2D eigenvalue weighted by Gasteiger charge is 2.14. The van der Waals surface area contributed by atoms with Crippen molar-refractivity contribution in [1.29, 1.82) is 0 Å². The van der Waals surface area contributed by atoms with Crippen LogP contribution < -0.4 is 5.32 Å². The molecule has 0 fully saturated rings. The number of amides is 1. The summed E-state index contributed by atoms with van der Waals surface area (Å²) in [7, 11) is 3.25. The molecule has 0 saturated heterocycles. The van der Waals surface area contributed by atoms with E-state index in [1.165, 1.54) is 11.1 Å². The first-order chi connectivity index (χ1) is 14.0. The number of nitrogens with zero attached hydrogens (tertiary/aromatic N) is 3. The minimum absolute atomic E-state index is 0.202. The average molecular weight is 415 g/mol. The lowest BCUT2D eigenvalue weighted by Crippen LogP contribution is -2.39. The number of halogens is 1. The summed E-state index contributed by atoms with van der Waals surface area (Å²) < 4.78 is 5.65. The fourth-order valence-corrected chi connectivity index (χ4v) is 2.17. The molecule has 0 aromatic heterocycles. The lowest BCUT2D eigenvalue weighted by molar-refractivity contribution is -0.122. The maximum atomic E-state index is 12.6. The van der Waals surface area contributed by atoms with Gasteiger partial charge < -0.3 is 10.1 Å². The van der Waals surface area contributed by atoms with Crippen LogP contribution in [0.1, 0.15) is 12.5 Å². The number of ether oxygens (including phenoxy) is 1. The number of hydrogen-bond acceptors (Lipinski definition) is 4. The summed E-state index contributed by atoms with van der Waals surface area (Å²) in [6.45, 7) is 5.91. The van der Waals surface area contributed by atoms with E-state index in [-0.39, 0.29) is 12.5 Å². The van der Waals surface area contributed by atoms with Crippen molar-refractivity contribution in [1.82, 2.24) is 10.3 Å². The molecular formula is C22H27ClN4O2. The molecule has 7 heteroatoms. The molecule has 154 valence electrons. The van der Waals surface area contributed by atoms with E-state index in [2.05, 4.69) is 22.0 Å². The zero-order chi connectivity index (χ0) is 21.5. The topological polar surface area (TPSA) is 66.3 Å². The van der Waals surface area contributed by atoms with Crippen molar-refractivity contribution in [3.63, 3.8) is 0 Å². The van der Waals surface area contributed by atoms with Gasteiger partial charge in [-0.3, -0.25) is 9.79 Å². The largest absolute Gasteiger partial charge is 0.489 e. The Bertz CT molecular complexity index is 811. The van der Waals surface area contributed by atoms with Crippen molar-refractivity contribution in [3.05, 3.63) is 84.2 Å². The van der Waals surface area contributed by atoms with Gasteiger partial charge in [0, 0.05) is 26.1 Å². The molecule has 0 atom stereocenters. The Kier molecular flexibility index (Phi) is 11.5. The second-order valence-electron chi connectivity index (χ2n) is 5.71. The van der Waals surface area contributed by atoms with Crippen LogP contribution in [0, 0.1) is 0 Å². The second kappa shape index (κ2) is 14.0. The van der Waals surface area contributed by atoms with Crippen molar-refractivity contribution in [2.75, 3.05) is 26.6 Å². The minimum Gasteiger partial charge on any atom is -0.489 e. The zero-order valence-corrected chi connectivity index (χ0v) is 17.8. The molecule has 1 aromatic carbocycles. The smallest absolute Gasteiger partial charge is 0.273 e. The summed E-state index contributed by atoms with van der Waals surface area (Å²) in [5, 5.41) is 8.30. The molecule has 0 aliphatic heterocycles. The third-order valence-corrected chi connectivity index (χ3v) is 3.63. The monoisotopic (exact) mass is 414 g/mol. The van der Waals surface area contributed by atoms with Gasteiger partial charge in [-0.25, -0.2) is 0 Å². The van der Waals surface area contributed by atoms with Crippen LogP contribution in [0.25, 0.3) is 0 Å². The maximum Gasteiger partial charge on any atom is 0.273 e. The number of hydrogen-bond donors (Lipinski definition) is 1. The average Bonchev–Trinajstić information content (AvgIpc) is 2.73. The first-order valence-corrected chi connectivity index (χ1v) is 9.52. The number of guanidine groups is 1. The Morgan fingerprint density at radius 2 is 2.03 bits per heavy atom. The summed E-state index contributed by atoms with van der Waals surface area (Å²) >= 11 is 5.61. The Balaban J connectivity index is 2.83. The highest BCUT2D eigenvalue weighted by molar-refractivity contribution is 6.18. The van der Waals surface area contributed by atoms with Gasteiger partial charge in [-0.15, -0.1) is 11.6 Å². The van der Waals surface area contributed by atoms with E-state index >= 15 is 0 Å². The van der Waals surface area contributed by atoms with E-state index in [9.17, 15) is 4.79 Å². The SMILES string of the molecule is C=C(C)/C(=C\C=C/CCl)OC/C=C/C(=O)N(/N=C/c1ccccc1)C(=NC)NC. The molecule has 0 aliphatic rings. The minimum atomic E-state index is -0.362. The van der Waals surface area contributed by atoms with Crippen LogP contribution in [0.3, 0.4) is 0 Å². The van der Waals surface area contributed by atoms with Crippen molar-refractivity contribution in [2.45, 2.75) is 6.92 Å². The van der Waals surface area contributed by atoms with Gasteiger partial charge in [0.15, 0.2) is 0 Å². The van der Waals surface area contributed by atoms with Crippen LogP contribution in [0.4, 0.5) is 0 Å². The molecule has 1 rings (SSSR count). The van der Waals surface area contributed by atoms with E-state index in [1.54, 1.807) is 44.6 Å². The van der Waals surface area contributed by atoms with Gasteiger partial charge in [0.1, 0.15) is 12.4 Å². The van der Waals surface area contributed by atoms with Crippen molar-refractivity contribution in [2.24, 2.45) is 10.1 Å². The molecule has 0 saturated carbocycles. The lowest BCUT2D eigenvalue weighted by Gasteiger charge is -2.16. The van der Waals surface area contributed by atoms with Gasteiger partial charge >= 0.3 is 0 Å². The molecule has 0 unspecified atom stereocenters. The van der Waals surface area contributed by atoms with Gasteiger partial charge in [-0.05, 0) is 30.2 Å². The van der Waals surface area contributed by atoms with Gasteiger partial charge in [0.25, 0.3) is 5.91 Å². The molecule has 1 N–H and O–H groups in total. The number of allylic oxidation sites excluding steroid dienone is 4. The van der Waals surface area contributed by atoms with Crippen LogP contribution in [0.2, 0.25) is 0 Å². The number of benzene rings is 1. The fraction of sp³-hybridized carbons (Fsp3) is 0.227. The van der Waals surface area contributed by atoms with Crippen LogP contribution in [0.15, 0.2) is 88.7 Å². The third kappa shape index (κ3) is 9.08. The normalized spacial score (nSPS) is 12.7. The molecule has 6 nitrogen and oxygen atoms in total. The molecule has 0 heterocycles. The summed E-state index contributed by atoms with van der Waals surface area (Å²) in [6, 6.07) is 9.48. The standard InChI is InChI=1S/C22H27ClN4O2/c1-18(2)20(13-8-9-15-23)29-16-10-14-21(28)27(22(24-3)25-4)26-17-19-11-6-5-7-12-19/h5-14,17H,1,15-16H2,2-4H3,(H,24,25)/b9-8-,14-10+,20-13+,26-17+. The Labute approximate surface area is 177 Å². The maximum absolute atomic E-state index is 12.6. The molecule has 1 aromatic rings. The Morgan fingerprint density at radius 1 is 1.31 bits per heavy atom. The third-order valence-electron chi connectivity index (χ3n) is 3.46. The van der Waals surface area contributed by atoms with Gasteiger partial charge in [0.2, 0.25) is 5.96 Å². The van der Waals surface area contributed by atoms with Crippen molar-refractivity contribution >= 4 is 29.7 Å². The zero-order valence-electron chi connectivity index (χ0n) is 17.0. The highest BCUT2D eigenvalue weighted by Crippen LogP contribution is 2.09. The van der Waals surface area contributed by atoms with Crippen LogP contribution in [-0.4, -0.2) is 49.7 Å². The first kappa shape index (κ1) is 23.9. The van der Waals surface area contributed by atoms with Crippen LogP contribution >= 0.6 is 11.6 Å². The number of carbonyl (C=O) groups is 1. The fourth-order valence-electron chi connectivity index (χ4n) is 2.07. The predicted molar refractivity (Wildman–Crippen MR) is 121 cm³/mol. The van der Waals surface area contributed by atoms with Crippen LogP contribution in [-0.2, 0) is 9.53 Å². The summed E-state index contributed by atoms with van der Waals surface area (Å²) in [5.41, 5.74) is 1.64. The van der Waals surface area contributed by atoms with Crippen LogP contribution in [0.5, 0.6) is 0 Å². The van der Waals surface area contributed by atoms with E-state index in [0.29, 0.717) is 17.6 Å². The molecule has 0 aliphatic carbocycles. The summed E-state index contributed by atoms with van der Waals surface area (Å²) in [6.07, 6.45) is 9.95.